The number of carbonyl (C=O) groups is 1. The SMILES string of the molecule is CC(CC(=O)NCCN1CCOCC1(C)C)C1CCNCC1.Cl.Cl. The van der Waals surface area contributed by atoms with Crippen LogP contribution >= 0.6 is 24.8 Å². The molecule has 0 aromatic rings. The summed E-state index contributed by atoms with van der Waals surface area (Å²) in [5.41, 5.74) is 0.0748. The summed E-state index contributed by atoms with van der Waals surface area (Å²) in [5, 5.41) is 6.49. The summed E-state index contributed by atoms with van der Waals surface area (Å²) < 4.78 is 5.53. The van der Waals surface area contributed by atoms with E-state index in [1.54, 1.807) is 0 Å². The van der Waals surface area contributed by atoms with Gasteiger partial charge in [0.1, 0.15) is 0 Å². The fourth-order valence-corrected chi connectivity index (χ4v) is 3.58. The molecule has 0 aromatic carbocycles. The molecular formula is C17H35Cl2N3O2. The molecule has 2 aliphatic heterocycles. The number of nitrogens with one attached hydrogen (secondary N) is 2. The number of hydrogen-bond acceptors (Lipinski definition) is 4. The van der Waals surface area contributed by atoms with Crippen molar-refractivity contribution in [3.05, 3.63) is 0 Å². The molecule has 2 N–H and O–H groups in total. The Hall–Kier alpha value is -0.0700. The first-order valence-corrected chi connectivity index (χ1v) is 8.79. The van der Waals surface area contributed by atoms with Crippen LogP contribution in [-0.4, -0.2) is 62.3 Å². The molecule has 0 aromatic heterocycles. The van der Waals surface area contributed by atoms with Gasteiger partial charge in [0.2, 0.25) is 5.91 Å². The Morgan fingerprint density at radius 2 is 2.00 bits per heavy atom. The first-order chi connectivity index (χ1) is 10.5. The molecule has 24 heavy (non-hydrogen) atoms. The van der Waals surface area contributed by atoms with E-state index in [0.29, 0.717) is 18.3 Å². The van der Waals surface area contributed by atoms with Gasteiger partial charge in [-0.15, -0.1) is 24.8 Å². The molecule has 5 nitrogen and oxygen atoms in total. The molecule has 2 aliphatic rings. The molecule has 0 bridgehead atoms. The normalized spacial score (nSPS) is 22.8. The van der Waals surface area contributed by atoms with E-state index in [1.807, 2.05) is 0 Å². The van der Waals surface area contributed by atoms with Gasteiger partial charge < -0.3 is 15.4 Å². The second kappa shape index (κ2) is 11.5. The number of amides is 1. The lowest BCUT2D eigenvalue weighted by molar-refractivity contribution is -0.122. The lowest BCUT2D eigenvalue weighted by Gasteiger charge is -2.42. The number of ether oxygens (including phenoxy) is 1. The van der Waals surface area contributed by atoms with Crippen molar-refractivity contribution < 1.29 is 9.53 Å². The fraction of sp³-hybridized carbons (Fsp3) is 0.941. The van der Waals surface area contributed by atoms with Gasteiger partial charge in [0.15, 0.2) is 0 Å². The second-order valence-corrected chi connectivity index (χ2v) is 7.47. The monoisotopic (exact) mass is 383 g/mol. The molecule has 2 saturated heterocycles. The third-order valence-corrected chi connectivity index (χ3v) is 5.22. The van der Waals surface area contributed by atoms with Gasteiger partial charge in [-0.1, -0.05) is 6.92 Å². The number of nitrogens with zero attached hydrogens (tertiary/aromatic N) is 1. The summed E-state index contributed by atoms with van der Waals surface area (Å²) in [6, 6.07) is 0. The average Bonchev–Trinajstić information content (AvgIpc) is 2.49. The van der Waals surface area contributed by atoms with Gasteiger partial charge in [0.05, 0.1) is 13.2 Å². The molecular weight excluding hydrogens is 349 g/mol. The van der Waals surface area contributed by atoms with Gasteiger partial charge in [0, 0.05) is 31.6 Å². The number of carbonyl (C=O) groups excluding carboxylic acids is 1. The van der Waals surface area contributed by atoms with Gasteiger partial charge in [-0.3, -0.25) is 9.69 Å². The highest BCUT2D eigenvalue weighted by atomic mass is 35.5. The number of hydrogen-bond donors (Lipinski definition) is 2. The predicted octanol–water partition coefficient (Wildman–Crippen LogP) is 2.08. The molecule has 0 radical (unpaired) electrons. The van der Waals surface area contributed by atoms with Crippen molar-refractivity contribution in [2.45, 2.75) is 45.6 Å². The van der Waals surface area contributed by atoms with Crippen LogP contribution in [0.15, 0.2) is 0 Å². The highest BCUT2D eigenvalue weighted by molar-refractivity contribution is 5.85. The Bertz CT molecular complexity index is 364. The molecule has 7 heteroatoms. The van der Waals surface area contributed by atoms with Crippen molar-refractivity contribution in [1.29, 1.82) is 0 Å². The second-order valence-electron chi connectivity index (χ2n) is 7.47. The van der Waals surface area contributed by atoms with Crippen molar-refractivity contribution in [1.82, 2.24) is 15.5 Å². The zero-order valence-corrected chi connectivity index (χ0v) is 16.9. The molecule has 2 heterocycles. The van der Waals surface area contributed by atoms with Gasteiger partial charge in [-0.05, 0) is 51.6 Å². The third-order valence-electron chi connectivity index (χ3n) is 5.22. The quantitative estimate of drug-likeness (QED) is 0.736. The first kappa shape index (κ1) is 23.9. The van der Waals surface area contributed by atoms with Crippen molar-refractivity contribution in [2.24, 2.45) is 11.8 Å². The Balaban J connectivity index is 0.00000264. The Morgan fingerprint density at radius 1 is 1.33 bits per heavy atom. The van der Waals surface area contributed by atoms with Crippen molar-refractivity contribution in [3.63, 3.8) is 0 Å². The summed E-state index contributed by atoms with van der Waals surface area (Å²) in [6.45, 7) is 13.0. The van der Waals surface area contributed by atoms with E-state index in [0.717, 1.165) is 45.9 Å². The lowest BCUT2D eigenvalue weighted by Crippen LogP contribution is -2.54. The van der Waals surface area contributed by atoms with Crippen molar-refractivity contribution in [3.8, 4) is 0 Å². The topological polar surface area (TPSA) is 53.6 Å². The molecule has 0 saturated carbocycles. The predicted molar refractivity (Wildman–Crippen MR) is 103 cm³/mol. The highest BCUT2D eigenvalue weighted by Gasteiger charge is 2.30. The number of piperidine rings is 1. The maximum absolute atomic E-state index is 12.1. The number of halogens is 2. The van der Waals surface area contributed by atoms with E-state index in [9.17, 15) is 4.79 Å². The smallest absolute Gasteiger partial charge is 0.220 e. The Morgan fingerprint density at radius 3 is 2.62 bits per heavy atom. The lowest BCUT2D eigenvalue weighted by atomic mass is 9.84. The fourth-order valence-electron chi connectivity index (χ4n) is 3.58. The van der Waals surface area contributed by atoms with Crippen LogP contribution in [0.25, 0.3) is 0 Å². The van der Waals surface area contributed by atoms with Crippen LogP contribution in [0.5, 0.6) is 0 Å². The third kappa shape index (κ3) is 7.44. The summed E-state index contributed by atoms with van der Waals surface area (Å²) in [6.07, 6.45) is 3.07. The van der Waals surface area contributed by atoms with Crippen LogP contribution < -0.4 is 10.6 Å². The van der Waals surface area contributed by atoms with E-state index in [1.165, 1.54) is 12.8 Å². The molecule has 2 fully saturated rings. The molecule has 1 amide bonds. The zero-order valence-electron chi connectivity index (χ0n) is 15.3. The molecule has 0 aliphatic carbocycles. The van der Waals surface area contributed by atoms with E-state index >= 15 is 0 Å². The van der Waals surface area contributed by atoms with Gasteiger partial charge >= 0.3 is 0 Å². The molecule has 1 unspecified atom stereocenters. The highest BCUT2D eigenvalue weighted by Crippen LogP contribution is 2.24. The summed E-state index contributed by atoms with van der Waals surface area (Å²) >= 11 is 0. The molecule has 2 rings (SSSR count). The maximum atomic E-state index is 12.1. The van der Waals surface area contributed by atoms with Crippen LogP contribution in [0, 0.1) is 11.8 Å². The molecule has 1 atom stereocenters. The average molecular weight is 384 g/mol. The van der Waals surface area contributed by atoms with E-state index in [-0.39, 0.29) is 36.3 Å². The first-order valence-electron chi connectivity index (χ1n) is 8.79. The Kier molecular flexibility index (Phi) is 11.5. The van der Waals surface area contributed by atoms with Crippen LogP contribution in [0.3, 0.4) is 0 Å². The largest absolute Gasteiger partial charge is 0.378 e. The van der Waals surface area contributed by atoms with Gasteiger partial charge in [0.25, 0.3) is 0 Å². The summed E-state index contributed by atoms with van der Waals surface area (Å²) in [4.78, 5) is 14.5. The maximum Gasteiger partial charge on any atom is 0.220 e. The van der Waals surface area contributed by atoms with E-state index < -0.39 is 0 Å². The standard InChI is InChI=1S/C17H33N3O2.2ClH/c1-14(15-4-6-18-7-5-15)12-16(21)19-8-9-20-10-11-22-13-17(20,2)3;;/h14-15,18H,4-13H2,1-3H3,(H,19,21);2*1H. The summed E-state index contributed by atoms with van der Waals surface area (Å²) in [7, 11) is 0. The van der Waals surface area contributed by atoms with Crippen LogP contribution in [-0.2, 0) is 9.53 Å². The van der Waals surface area contributed by atoms with Crippen LogP contribution in [0.4, 0.5) is 0 Å². The van der Waals surface area contributed by atoms with Gasteiger partial charge in [-0.25, -0.2) is 0 Å². The van der Waals surface area contributed by atoms with Gasteiger partial charge in [-0.2, -0.15) is 0 Å². The molecule has 144 valence electrons. The minimum absolute atomic E-state index is 0. The number of rotatable bonds is 6. The minimum atomic E-state index is 0. The van der Waals surface area contributed by atoms with Crippen LogP contribution in [0.2, 0.25) is 0 Å². The Labute approximate surface area is 159 Å². The van der Waals surface area contributed by atoms with E-state index in [4.69, 9.17) is 4.74 Å². The molecule has 0 spiro atoms. The summed E-state index contributed by atoms with van der Waals surface area (Å²) in [5.74, 6) is 1.39. The van der Waals surface area contributed by atoms with Crippen molar-refractivity contribution in [2.75, 3.05) is 45.9 Å². The van der Waals surface area contributed by atoms with Crippen LogP contribution in [0.1, 0.15) is 40.0 Å². The zero-order chi connectivity index (χ0) is 16.0. The number of morpholine rings is 1. The van der Waals surface area contributed by atoms with E-state index in [2.05, 4.69) is 36.3 Å². The van der Waals surface area contributed by atoms with Crippen molar-refractivity contribution >= 4 is 30.7 Å². The minimum Gasteiger partial charge on any atom is -0.378 e.